The van der Waals surface area contributed by atoms with E-state index in [0.29, 0.717) is 0 Å². The summed E-state index contributed by atoms with van der Waals surface area (Å²) in [6.45, 7) is 0. The first-order valence-corrected chi connectivity index (χ1v) is 4.35. The van der Waals surface area contributed by atoms with Crippen molar-refractivity contribution in [3.63, 3.8) is 0 Å². The number of rotatable bonds is 2. The number of aromatic nitrogens is 2. The second kappa shape index (κ2) is 4.09. The molecule has 2 rings (SSSR count). The molecule has 0 amide bonds. The number of halogens is 2. The van der Waals surface area contributed by atoms with Gasteiger partial charge in [0.25, 0.3) is 0 Å². The van der Waals surface area contributed by atoms with E-state index < -0.39 is 11.6 Å². The zero-order valence-electron chi connectivity index (χ0n) is 8.02. The van der Waals surface area contributed by atoms with Crippen LogP contribution in [-0.2, 0) is 0 Å². The van der Waals surface area contributed by atoms with Crippen molar-refractivity contribution in [3.8, 4) is 11.6 Å². The van der Waals surface area contributed by atoms with Gasteiger partial charge in [-0.15, -0.1) is 0 Å². The second-order valence-electron chi connectivity index (χ2n) is 2.96. The first-order chi connectivity index (χ1) is 7.65. The molecule has 0 bridgehead atoms. The second-order valence-corrected chi connectivity index (χ2v) is 2.96. The summed E-state index contributed by atoms with van der Waals surface area (Å²) < 4.78 is 30.6. The van der Waals surface area contributed by atoms with Crippen LogP contribution in [0.2, 0.25) is 0 Å². The average Bonchev–Trinajstić information content (AvgIpc) is 2.24. The van der Waals surface area contributed by atoms with Crippen LogP contribution in [0.1, 0.15) is 0 Å². The average molecular weight is 223 g/mol. The molecule has 82 valence electrons. The summed E-state index contributed by atoms with van der Waals surface area (Å²) >= 11 is 0. The predicted octanol–water partition coefficient (Wildman–Crippen LogP) is 2.13. The van der Waals surface area contributed by atoms with E-state index >= 15 is 0 Å². The molecule has 4 nitrogen and oxygen atoms in total. The van der Waals surface area contributed by atoms with E-state index in [9.17, 15) is 8.78 Å². The van der Waals surface area contributed by atoms with Crippen LogP contribution in [0.15, 0.2) is 30.6 Å². The summed E-state index contributed by atoms with van der Waals surface area (Å²) in [4.78, 5) is 7.54. The Hall–Kier alpha value is -2.24. The Morgan fingerprint density at radius 3 is 2.62 bits per heavy atom. The number of nitrogen functional groups attached to an aromatic ring is 1. The van der Waals surface area contributed by atoms with Gasteiger partial charge in [-0.2, -0.15) is 4.98 Å². The third kappa shape index (κ3) is 2.22. The summed E-state index contributed by atoms with van der Waals surface area (Å²) in [7, 11) is 0. The number of benzene rings is 1. The van der Waals surface area contributed by atoms with Crippen molar-refractivity contribution in [3.05, 3.63) is 42.2 Å². The van der Waals surface area contributed by atoms with Gasteiger partial charge >= 0.3 is 0 Å². The highest BCUT2D eigenvalue weighted by Gasteiger charge is 2.05. The van der Waals surface area contributed by atoms with Crippen LogP contribution in [-0.4, -0.2) is 9.97 Å². The maximum atomic E-state index is 12.8. The molecule has 0 saturated carbocycles. The van der Waals surface area contributed by atoms with Crippen molar-refractivity contribution in [2.75, 3.05) is 5.73 Å². The molecular weight excluding hydrogens is 216 g/mol. The molecule has 2 N–H and O–H groups in total. The molecule has 0 radical (unpaired) electrons. The van der Waals surface area contributed by atoms with Crippen LogP contribution in [0.4, 0.5) is 14.6 Å². The molecule has 0 atom stereocenters. The molecule has 6 heteroatoms. The molecule has 0 spiro atoms. The van der Waals surface area contributed by atoms with Crippen molar-refractivity contribution in [2.45, 2.75) is 0 Å². The first kappa shape index (κ1) is 10.3. The number of hydrogen-bond acceptors (Lipinski definition) is 4. The van der Waals surface area contributed by atoms with Crippen LogP contribution in [0.25, 0.3) is 0 Å². The molecule has 1 aromatic heterocycles. The number of hydrogen-bond donors (Lipinski definition) is 1. The van der Waals surface area contributed by atoms with Crippen LogP contribution in [0, 0.1) is 11.6 Å². The van der Waals surface area contributed by atoms with Gasteiger partial charge in [0.2, 0.25) is 5.88 Å². The van der Waals surface area contributed by atoms with E-state index in [1.165, 1.54) is 18.5 Å². The van der Waals surface area contributed by atoms with Crippen molar-refractivity contribution in [2.24, 2.45) is 0 Å². The van der Waals surface area contributed by atoms with E-state index in [4.69, 9.17) is 10.5 Å². The first-order valence-electron chi connectivity index (χ1n) is 4.35. The van der Waals surface area contributed by atoms with Gasteiger partial charge in [-0.25, -0.2) is 8.78 Å². The molecule has 1 heterocycles. The molecule has 0 saturated heterocycles. The lowest BCUT2D eigenvalue weighted by atomic mass is 10.3. The highest BCUT2D eigenvalue weighted by molar-refractivity contribution is 5.31. The summed E-state index contributed by atoms with van der Waals surface area (Å²) in [6.07, 6.45) is 2.66. The monoisotopic (exact) mass is 223 g/mol. The quantitative estimate of drug-likeness (QED) is 0.847. The van der Waals surface area contributed by atoms with Gasteiger partial charge in [-0.05, 0) is 12.1 Å². The standard InChI is InChI=1S/C10H7F2N3O/c11-7-2-1-6(3-8(7)12)16-10-5-14-4-9(13)15-10/h1-5H,(H2,13,15). The maximum absolute atomic E-state index is 12.8. The molecule has 2 aromatic rings. The number of ether oxygens (including phenoxy) is 1. The lowest BCUT2D eigenvalue weighted by molar-refractivity contribution is 0.446. The van der Waals surface area contributed by atoms with E-state index in [1.807, 2.05) is 0 Å². The number of anilines is 1. The smallest absolute Gasteiger partial charge is 0.239 e. The molecular formula is C10H7F2N3O. The Morgan fingerprint density at radius 1 is 1.12 bits per heavy atom. The van der Waals surface area contributed by atoms with Gasteiger partial charge in [-0.1, -0.05) is 0 Å². The third-order valence-electron chi connectivity index (χ3n) is 1.74. The zero-order valence-corrected chi connectivity index (χ0v) is 8.02. The third-order valence-corrected chi connectivity index (χ3v) is 1.74. The summed E-state index contributed by atoms with van der Waals surface area (Å²) in [5, 5.41) is 0. The van der Waals surface area contributed by atoms with Crippen LogP contribution in [0.3, 0.4) is 0 Å². The largest absolute Gasteiger partial charge is 0.437 e. The van der Waals surface area contributed by atoms with Crippen LogP contribution >= 0.6 is 0 Å². The molecule has 0 fully saturated rings. The van der Waals surface area contributed by atoms with Crippen LogP contribution < -0.4 is 10.5 Å². The fourth-order valence-corrected chi connectivity index (χ4v) is 1.07. The summed E-state index contributed by atoms with van der Waals surface area (Å²) in [6, 6.07) is 3.16. The lowest BCUT2D eigenvalue weighted by Gasteiger charge is -2.04. The van der Waals surface area contributed by atoms with Crippen molar-refractivity contribution < 1.29 is 13.5 Å². The van der Waals surface area contributed by atoms with Gasteiger partial charge in [0.1, 0.15) is 11.6 Å². The highest BCUT2D eigenvalue weighted by atomic mass is 19.2. The molecule has 0 aliphatic heterocycles. The summed E-state index contributed by atoms with van der Waals surface area (Å²) in [5.74, 6) is -1.51. The fourth-order valence-electron chi connectivity index (χ4n) is 1.07. The zero-order chi connectivity index (χ0) is 11.5. The van der Waals surface area contributed by atoms with Gasteiger partial charge in [-0.3, -0.25) is 4.98 Å². The normalized spacial score (nSPS) is 10.1. The van der Waals surface area contributed by atoms with E-state index in [1.54, 1.807) is 0 Å². The minimum atomic E-state index is -0.991. The molecule has 0 aliphatic carbocycles. The van der Waals surface area contributed by atoms with Gasteiger partial charge in [0.05, 0.1) is 12.4 Å². The van der Waals surface area contributed by atoms with Crippen molar-refractivity contribution in [1.29, 1.82) is 0 Å². The van der Waals surface area contributed by atoms with Crippen molar-refractivity contribution >= 4 is 5.82 Å². The Kier molecular flexibility index (Phi) is 2.63. The van der Waals surface area contributed by atoms with E-state index in [-0.39, 0.29) is 17.4 Å². The Bertz CT molecular complexity index is 519. The van der Waals surface area contributed by atoms with E-state index in [0.717, 1.165) is 12.1 Å². The minimum absolute atomic E-state index is 0.117. The Morgan fingerprint density at radius 2 is 1.94 bits per heavy atom. The lowest BCUT2D eigenvalue weighted by Crippen LogP contribution is -1.95. The van der Waals surface area contributed by atoms with Crippen LogP contribution in [0.5, 0.6) is 11.6 Å². The topological polar surface area (TPSA) is 61.0 Å². The minimum Gasteiger partial charge on any atom is -0.437 e. The Balaban J connectivity index is 2.24. The van der Waals surface area contributed by atoms with Gasteiger partial charge in [0.15, 0.2) is 11.6 Å². The molecule has 0 aliphatic rings. The summed E-state index contributed by atoms with van der Waals surface area (Å²) in [5.41, 5.74) is 5.38. The molecule has 0 unspecified atom stereocenters. The van der Waals surface area contributed by atoms with Gasteiger partial charge < -0.3 is 10.5 Å². The predicted molar refractivity (Wildman–Crippen MR) is 52.9 cm³/mol. The van der Waals surface area contributed by atoms with Crippen molar-refractivity contribution in [1.82, 2.24) is 9.97 Å². The maximum Gasteiger partial charge on any atom is 0.239 e. The molecule has 1 aromatic carbocycles. The Labute approximate surface area is 89.7 Å². The number of nitrogens with two attached hydrogens (primary N) is 1. The highest BCUT2D eigenvalue weighted by Crippen LogP contribution is 2.21. The number of nitrogens with zero attached hydrogens (tertiary/aromatic N) is 2. The van der Waals surface area contributed by atoms with E-state index in [2.05, 4.69) is 9.97 Å². The fraction of sp³-hybridized carbons (Fsp3) is 0. The SMILES string of the molecule is Nc1cncc(Oc2ccc(F)c(F)c2)n1. The van der Waals surface area contributed by atoms with Gasteiger partial charge in [0, 0.05) is 6.07 Å². The molecule has 16 heavy (non-hydrogen) atoms.